The minimum absolute atomic E-state index is 0.375. The van der Waals surface area contributed by atoms with Crippen LogP contribution < -0.4 is 5.73 Å². The van der Waals surface area contributed by atoms with E-state index in [1.807, 2.05) is 6.20 Å². The molecule has 3 rings (SSSR count). The molecule has 0 spiro atoms. The third-order valence-electron chi connectivity index (χ3n) is 5.02. The van der Waals surface area contributed by atoms with Gasteiger partial charge in [-0.2, -0.15) is 0 Å². The van der Waals surface area contributed by atoms with Crippen LogP contribution in [0.1, 0.15) is 32.5 Å². The molecular formula is C15H26N4. The second-order valence-corrected chi connectivity index (χ2v) is 6.65. The summed E-state index contributed by atoms with van der Waals surface area (Å²) in [6, 6.07) is 0.375. The van der Waals surface area contributed by atoms with E-state index in [2.05, 4.69) is 34.5 Å². The van der Waals surface area contributed by atoms with Crippen molar-refractivity contribution in [1.82, 2.24) is 14.5 Å². The fourth-order valence-electron chi connectivity index (χ4n) is 3.96. The summed E-state index contributed by atoms with van der Waals surface area (Å²) in [6.07, 6.45) is 6.52. The highest BCUT2D eigenvalue weighted by molar-refractivity contribution is 4.96. The average molecular weight is 262 g/mol. The Morgan fingerprint density at radius 1 is 1.32 bits per heavy atom. The van der Waals surface area contributed by atoms with Crippen LogP contribution in [0, 0.1) is 17.8 Å². The summed E-state index contributed by atoms with van der Waals surface area (Å²) in [5.74, 6) is 3.40. The summed E-state index contributed by atoms with van der Waals surface area (Å²) in [4.78, 5) is 6.98. The van der Waals surface area contributed by atoms with Gasteiger partial charge in [-0.15, -0.1) is 0 Å². The predicted octanol–water partition coefficient (Wildman–Crippen LogP) is 1.71. The first kappa shape index (κ1) is 13.1. The first-order valence-corrected chi connectivity index (χ1v) is 7.61. The molecular weight excluding hydrogens is 236 g/mol. The van der Waals surface area contributed by atoms with Gasteiger partial charge < -0.3 is 10.3 Å². The van der Waals surface area contributed by atoms with E-state index < -0.39 is 0 Å². The van der Waals surface area contributed by atoms with E-state index in [1.165, 1.54) is 18.7 Å². The molecule has 1 aromatic heterocycles. The highest BCUT2D eigenvalue weighted by Crippen LogP contribution is 2.33. The fraction of sp³-hybridized carbons (Fsp3) is 0.800. The number of rotatable bonds is 2. The topological polar surface area (TPSA) is 47.1 Å². The summed E-state index contributed by atoms with van der Waals surface area (Å²) >= 11 is 0. The van der Waals surface area contributed by atoms with Crippen LogP contribution in [-0.2, 0) is 13.1 Å². The van der Waals surface area contributed by atoms with Crippen LogP contribution in [0.3, 0.4) is 0 Å². The minimum atomic E-state index is 0.375. The molecule has 1 aliphatic carbocycles. The maximum absolute atomic E-state index is 6.40. The SMILES string of the molecule is CC1CC(C)C(CN2CCn3ccnc3C2)C(N)C1. The number of nitrogens with two attached hydrogens (primary N) is 1. The van der Waals surface area contributed by atoms with Crippen LogP contribution in [0.2, 0.25) is 0 Å². The third-order valence-corrected chi connectivity index (χ3v) is 5.02. The Morgan fingerprint density at radius 2 is 2.16 bits per heavy atom. The number of hydrogen-bond donors (Lipinski definition) is 1. The van der Waals surface area contributed by atoms with Crippen molar-refractivity contribution < 1.29 is 0 Å². The summed E-state index contributed by atoms with van der Waals surface area (Å²) in [6.45, 7) is 9.05. The first-order valence-electron chi connectivity index (χ1n) is 7.61. The number of fused-ring (bicyclic) bond motifs is 1. The van der Waals surface area contributed by atoms with Gasteiger partial charge in [0.1, 0.15) is 5.82 Å². The van der Waals surface area contributed by atoms with Crippen LogP contribution in [0.5, 0.6) is 0 Å². The monoisotopic (exact) mass is 262 g/mol. The summed E-state index contributed by atoms with van der Waals surface area (Å²) in [5, 5.41) is 0. The molecule has 2 aliphatic rings. The van der Waals surface area contributed by atoms with Crippen molar-refractivity contribution in [1.29, 1.82) is 0 Å². The Balaban J connectivity index is 1.63. The lowest BCUT2D eigenvalue weighted by Gasteiger charge is -2.41. The highest BCUT2D eigenvalue weighted by atomic mass is 15.2. The van der Waals surface area contributed by atoms with E-state index in [1.54, 1.807) is 0 Å². The van der Waals surface area contributed by atoms with Crippen molar-refractivity contribution in [2.45, 2.75) is 45.8 Å². The quantitative estimate of drug-likeness (QED) is 0.882. The summed E-state index contributed by atoms with van der Waals surface area (Å²) in [5.41, 5.74) is 6.40. The van der Waals surface area contributed by atoms with Gasteiger partial charge in [-0.05, 0) is 30.6 Å². The average Bonchev–Trinajstić information content (AvgIpc) is 2.81. The lowest BCUT2D eigenvalue weighted by Crippen LogP contribution is -2.48. The summed E-state index contributed by atoms with van der Waals surface area (Å²) < 4.78 is 2.27. The van der Waals surface area contributed by atoms with Crippen molar-refractivity contribution in [2.75, 3.05) is 13.1 Å². The van der Waals surface area contributed by atoms with E-state index in [0.717, 1.165) is 38.0 Å². The van der Waals surface area contributed by atoms with Crippen molar-refractivity contribution in [3.05, 3.63) is 18.2 Å². The van der Waals surface area contributed by atoms with Gasteiger partial charge in [-0.1, -0.05) is 13.8 Å². The van der Waals surface area contributed by atoms with E-state index in [9.17, 15) is 0 Å². The normalized spacial score (nSPS) is 36.2. The number of hydrogen-bond acceptors (Lipinski definition) is 3. The molecule has 4 heteroatoms. The van der Waals surface area contributed by atoms with E-state index in [0.29, 0.717) is 12.0 Å². The van der Waals surface area contributed by atoms with Gasteiger partial charge in [0.2, 0.25) is 0 Å². The highest BCUT2D eigenvalue weighted by Gasteiger charge is 2.33. The smallest absolute Gasteiger partial charge is 0.122 e. The molecule has 0 bridgehead atoms. The lowest BCUT2D eigenvalue weighted by atomic mass is 9.72. The Bertz CT molecular complexity index is 416. The van der Waals surface area contributed by atoms with Gasteiger partial charge in [0.25, 0.3) is 0 Å². The third kappa shape index (κ3) is 2.70. The predicted molar refractivity (Wildman–Crippen MR) is 76.5 cm³/mol. The Hall–Kier alpha value is -0.870. The second-order valence-electron chi connectivity index (χ2n) is 6.65. The molecule has 2 heterocycles. The zero-order valence-electron chi connectivity index (χ0n) is 12.1. The van der Waals surface area contributed by atoms with Gasteiger partial charge in [-0.25, -0.2) is 4.98 Å². The second kappa shape index (κ2) is 5.25. The van der Waals surface area contributed by atoms with Crippen molar-refractivity contribution in [2.24, 2.45) is 23.5 Å². The van der Waals surface area contributed by atoms with Gasteiger partial charge in [0.05, 0.1) is 6.54 Å². The van der Waals surface area contributed by atoms with Crippen LogP contribution in [0.4, 0.5) is 0 Å². The molecule has 4 atom stereocenters. The molecule has 0 aromatic carbocycles. The zero-order chi connectivity index (χ0) is 13.4. The summed E-state index contributed by atoms with van der Waals surface area (Å²) in [7, 11) is 0. The molecule has 2 N–H and O–H groups in total. The maximum atomic E-state index is 6.40. The van der Waals surface area contributed by atoms with Gasteiger partial charge in [-0.3, -0.25) is 4.90 Å². The first-order chi connectivity index (χ1) is 9.13. The van der Waals surface area contributed by atoms with Crippen LogP contribution in [0.15, 0.2) is 12.4 Å². The Labute approximate surface area is 116 Å². The fourth-order valence-corrected chi connectivity index (χ4v) is 3.96. The van der Waals surface area contributed by atoms with Crippen LogP contribution >= 0.6 is 0 Å². The molecule has 1 fully saturated rings. The molecule has 0 radical (unpaired) electrons. The Morgan fingerprint density at radius 3 is 2.95 bits per heavy atom. The molecule has 0 amide bonds. The van der Waals surface area contributed by atoms with Crippen molar-refractivity contribution >= 4 is 0 Å². The number of nitrogens with zero attached hydrogens (tertiary/aromatic N) is 3. The largest absolute Gasteiger partial charge is 0.333 e. The van der Waals surface area contributed by atoms with Crippen molar-refractivity contribution in [3.8, 4) is 0 Å². The van der Waals surface area contributed by atoms with E-state index in [4.69, 9.17) is 5.73 Å². The van der Waals surface area contributed by atoms with Gasteiger partial charge >= 0.3 is 0 Å². The van der Waals surface area contributed by atoms with Crippen LogP contribution in [-0.4, -0.2) is 33.6 Å². The molecule has 4 unspecified atom stereocenters. The standard InChI is InChI=1S/C15H26N4/c1-11-7-12(2)13(14(16)8-11)9-18-5-6-19-4-3-17-15(19)10-18/h3-4,11-14H,5-10,16H2,1-2H3. The molecule has 4 nitrogen and oxygen atoms in total. The number of aromatic nitrogens is 2. The maximum Gasteiger partial charge on any atom is 0.122 e. The minimum Gasteiger partial charge on any atom is -0.333 e. The zero-order valence-corrected chi connectivity index (χ0v) is 12.1. The van der Waals surface area contributed by atoms with Gasteiger partial charge in [0.15, 0.2) is 0 Å². The molecule has 1 aromatic rings. The number of imidazole rings is 1. The molecule has 106 valence electrons. The molecule has 0 saturated heterocycles. The van der Waals surface area contributed by atoms with E-state index >= 15 is 0 Å². The lowest BCUT2D eigenvalue weighted by molar-refractivity contribution is 0.101. The van der Waals surface area contributed by atoms with E-state index in [-0.39, 0.29) is 0 Å². The van der Waals surface area contributed by atoms with Gasteiger partial charge in [0, 0.05) is 38.1 Å². The van der Waals surface area contributed by atoms with Crippen molar-refractivity contribution in [3.63, 3.8) is 0 Å². The molecule has 1 saturated carbocycles. The Kier molecular flexibility index (Phi) is 3.63. The molecule has 1 aliphatic heterocycles. The van der Waals surface area contributed by atoms with Crippen LogP contribution in [0.25, 0.3) is 0 Å². The molecule has 19 heavy (non-hydrogen) atoms.